The molecule has 1 aliphatic rings. The maximum atomic E-state index is 6.17. The molecule has 18 heavy (non-hydrogen) atoms. The summed E-state index contributed by atoms with van der Waals surface area (Å²) in [6, 6.07) is 7.55. The molecule has 2 heterocycles. The Morgan fingerprint density at radius 1 is 1.22 bits per heavy atom. The number of nitrogens with one attached hydrogen (secondary N) is 1. The monoisotopic (exact) mass is 278 g/mol. The van der Waals surface area contributed by atoms with Gasteiger partial charge >= 0.3 is 0 Å². The van der Waals surface area contributed by atoms with Crippen LogP contribution in [0.5, 0.6) is 0 Å². The molecule has 3 rings (SSSR count). The molecule has 0 spiro atoms. The van der Waals surface area contributed by atoms with Gasteiger partial charge in [0.1, 0.15) is 5.82 Å². The lowest BCUT2D eigenvalue weighted by molar-refractivity contribution is 1.06. The van der Waals surface area contributed by atoms with Gasteiger partial charge in [0, 0.05) is 22.6 Å². The molecule has 0 bridgehead atoms. The second kappa shape index (κ2) is 4.76. The summed E-state index contributed by atoms with van der Waals surface area (Å²) in [5, 5.41) is 0.645. The number of hydrogen-bond acceptors (Lipinski definition) is 5. The first kappa shape index (κ1) is 11.8. The quantitative estimate of drug-likeness (QED) is 0.653. The highest BCUT2D eigenvalue weighted by Gasteiger charge is 2.20. The molecule has 1 aromatic heterocycles. The smallest absolute Gasteiger partial charge is 0.163 e. The van der Waals surface area contributed by atoms with Gasteiger partial charge in [-0.3, -0.25) is 0 Å². The standard InChI is InChI=1S/C12H11ClN4S/c13-9-4-2-1-3-7(9)11-15-10-6-18-5-8(10)12(16-11)17-14/h1-4H,5-6,14H2,(H,15,16,17). The van der Waals surface area contributed by atoms with E-state index in [9.17, 15) is 0 Å². The summed E-state index contributed by atoms with van der Waals surface area (Å²) in [5.41, 5.74) is 5.61. The molecule has 0 fully saturated rings. The van der Waals surface area contributed by atoms with E-state index >= 15 is 0 Å². The predicted octanol–water partition coefficient (Wildman–Crippen LogP) is 2.83. The predicted molar refractivity (Wildman–Crippen MR) is 75.3 cm³/mol. The number of rotatable bonds is 2. The highest BCUT2D eigenvalue weighted by Crippen LogP contribution is 2.35. The number of anilines is 1. The van der Waals surface area contributed by atoms with Crippen LogP contribution in [0.1, 0.15) is 11.3 Å². The number of hydrogen-bond donors (Lipinski definition) is 2. The second-order valence-corrected chi connectivity index (χ2v) is 5.33. The number of aromatic nitrogens is 2. The first-order valence-electron chi connectivity index (χ1n) is 5.48. The summed E-state index contributed by atoms with van der Waals surface area (Å²) in [4.78, 5) is 9.03. The number of nitrogen functional groups attached to an aromatic ring is 1. The van der Waals surface area contributed by atoms with Crippen molar-refractivity contribution >= 4 is 29.2 Å². The molecule has 0 unspecified atom stereocenters. The normalized spacial score (nSPS) is 13.4. The van der Waals surface area contributed by atoms with Gasteiger partial charge < -0.3 is 5.43 Å². The van der Waals surface area contributed by atoms with Gasteiger partial charge in [-0.25, -0.2) is 15.8 Å². The molecule has 92 valence electrons. The zero-order chi connectivity index (χ0) is 12.5. The fourth-order valence-corrected chi connectivity index (χ4v) is 3.20. The molecule has 0 atom stereocenters. The van der Waals surface area contributed by atoms with E-state index in [-0.39, 0.29) is 0 Å². The number of fused-ring (bicyclic) bond motifs is 1. The molecule has 0 saturated carbocycles. The van der Waals surface area contributed by atoms with Crippen LogP contribution < -0.4 is 11.3 Å². The van der Waals surface area contributed by atoms with E-state index in [0.29, 0.717) is 16.7 Å². The number of halogens is 1. The number of thioether (sulfide) groups is 1. The lowest BCUT2D eigenvalue weighted by Crippen LogP contribution is -2.12. The SMILES string of the molecule is NNc1nc(-c2ccccc2Cl)nc2c1CSC2. The minimum atomic E-state index is 0.620. The Balaban J connectivity index is 2.17. The van der Waals surface area contributed by atoms with Gasteiger partial charge in [0.05, 0.1) is 10.7 Å². The van der Waals surface area contributed by atoms with E-state index in [4.69, 9.17) is 17.4 Å². The Hall–Kier alpha value is -1.30. The van der Waals surface area contributed by atoms with Gasteiger partial charge in [0.25, 0.3) is 0 Å². The minimum Gasteiger partial charge on any atom is -0.308 e. The summed E-state index contributed by atoms with van der Waals surface area (Å²) < 4.78 is 0. The van der Waals surface area contributed by atoms with Crippen LogP contribution in [0.25, 0.3) is 11.4 Å². The third kappa shape index (κ3) is 1.94. The van der Waals surface area contributed by atoms with Crippen molar-refractivity contribution in [3.8, 4) is 11.4 Å². The molecule has 2 aromatic rings. The van der Waals surface area contributed by atoms with Crippen molar-refractivity contribution in [1.82, 2.24) is 9.97 Å². The van der Waals surface area contributed by atoms with Gasteiger partial charge in [-0.05, 0) is 12.1 Å². The highest BCUT2D eigenvalue weighted by molar-refractivity contribution is 7.98. The lowest BCUT2D eigenvalue weighted by atomic mass is 10.2. The first-order chi connectivity index (χ1) is 8.79. The van der Waals surface area contributed by atoms with E-state index in [1.165, 1.54) is 0 Å². The van der Waals surface area contributed by atoms with Crippen LogP contribution >= 0.6 is 23.4 Å². The molecule has 0 amide bonds. The summed E-state index contributed by atoms with van der Waals surface area (Å²) >= 11 is 7.98. The Morgan fingerprint density at radius 2 is 2.06 bits per heavy atom. The summed E-state index contributed by atoms with van der Waals surface area (Å²) in [6.45, 7) is 0. The third-order valence-electron chi connectivity index (χ3n) is 2.83. The van der Waals surface area contributed by atoms with Crippen molar-refractivity contribution in [3.05, 3.63) is 40.5 Å². The first-order valence-corrected chi connectivity index (χ1v) is 7.02. The molecule has 0 saturated heterocycles. The Labute approximate surface area is 114 Å². The third-order valence-corrected chi connectivity index (χ3v) is 4.13. The van der Waals surface area contributed by atoms with E-state index in [1.807, 2.05) is 36.0 Å². The molecule has 1 aliphatic heterocycles. The van der Waals surface area contributed by atoms with Gasteiger partial charge in [-0.15, -0.1) is 0 Å². The number of nitrogens with zero attached hydrogens (tertiary/aromatic N) is 2. The van der Waals surface area contributed by atoms with Crippen LogP contribution in [0, 0.1) is 0 Å². The van der Waals surface area contributed by atoms with Crippen LogP contribution in [0.2, 0.25) is 5.02 Å². The van der Waals surface area contributed by atoms with Crippen molar-refractivity contribution < 1.29 is 0 Å². The molecular formula is C12H11ClN4S. The van der Waals surface area contributed by atoms with Crippen LogP contribution in [0.4, 0.5) is 5.82 Å². The van der Waals surface area contributed by atoms with Crippen molar-refractivity contribution in [1.29, 1.82) is 0 Å². The van der Waals surface area contributed by atoms with E-state index in [1.54, 1.807) is 0 Å². The maximum absolute atomic E-state index is 6.17. The fraction of sp³-hybridized carbons (Fsp3) is 0.167. The Kier molecular flexibility index (Phi) is 3.11. The van der Waals surface area contributed by atoms with E-state index in [0.717, 1.165) is 28.3 Å². The molecule has 0 radical (unpaired) electrons. The minimum absolute atomic E-state index is 0.620. The maximum Gasteiger partial charge on any atom is 0.163 e. The van der Waals surface area contributed by atoms with Crippen LogP contribution in [-0.2, 0) is 11.5 Å². The summed E-state index contributed by atoms with van der Waals surface area (Å²) in [5.74, 6) is 8.63. The molecule has 4 nitrogen and oxygen atoms in total. The molecule has 0 aliphatic carbocycles. The number of benzene rings is 1. The largest absolute Gasteiger partial charge is 0.308 e. The number of nitrogens with two attached hydrogens (primary N) is 1. The molecule has 1 aromatic carbocycles. The Morgan fingerprint density at radius 3 is 2.83 bits per heavy atom. The molecule has 6 heteroatoms. The molecule has 3 N–H and O–H groups in total. The molecular weight excluding hydrogens is 268 g/mol. The lowest BCUT2D eigenvalue weighted by Gasteiger charge is -2.09. The van der Waals surface area contributed by atoms with Crippen molar-refractivity contribution in [2.45, 2.75) is 11.5 Å². The fourth-order valence-electron chi connectivity index (χ4n) is 1.93. The van der Waals surface area contributed by atoms with Crippen LogP contribution in [-0.4, -0.2) is 9.97 Å². The van der Waals surface area contributed by atoms with Crippen LogP contribution in [0.3, 0.4) is 0 Å². The zero-order valence-corrected chi connectivity index (χ0v) is 11.1. The number of hydrazine groups is 1. The average molecular weight is 279 g/mol. The van der Waals surface area contributed by atoms with E-state index < -0.39 is 0 Å². The second-order valence-electron chi connectivity index (χ2n) is 3.94. The van der Waals surface area contributed by atoms with Gasteiger partial charge in [-0.1, -0.05) is 23.7 Å². The zero-order valence-electron chi connectivity index (χ0n) is 9.48. The van der Waals surface area contributed by atoms with Gasteiger partial charge in [-0.2, -0.15) is 11.8 Å². The highest BCUT2D eigenvalue weighted by atomic mass is 35.5. The van der Waals surface area contributed by atoms with Crippen molar-refractivity contribution in [3.63, 3.8) is 0 Å². The van der Waals surface area contributed by atoms with Gasteiger partial charge in [0.15, 0.2) is 5.82 Å². The van der Waals surface area contributed by atoms with Crippen molar-refractivity contribution in [2.75, 3.05) is 5.43 Å². The van der Waals surface area contributed by atoms with E-state index in [2.05, 4.69) is 15.4 Å². The van der Waals surface area contributed by atoms with Gasteiger partial charge in [0.2, 0.25) is 0 Å². The summed E-state index contributed by atoms with van der Waals surface area (Å²) in [6.07, 6.45) is 0. The van der Waals surface area contributed by atoms with Crippen molar-refractivity contribution in [2.24, 2.45) is 5.84 Å². The average Bonchev–Trinajstić information content (AvgIpc) is 2.86. The topological polar surface area (TPSA) is 63.8 Å². The van der Waals surface area contributed by atoms with Crippen LogP contribution in [0.15, 0.2) is 24.3 Å². The Bertz CT molecular complexity index is 603. The summed E-state index contributed by atoms with van der Waals surface area (Å²) in [7, 11) is 0.